The fourth-order valence-electron chi connectivity index (χ4n) is 4.15. The molecule has 0 bridgehead atoms. The number of anilines is 3. The molecule has 0 spiro atoms. The summed E-state index contributed by atoms with van der Waals surface area (Å²) in [6.45, 7) is 3.17. The molecule has 5 rings (SSSR count). The van der Waals surface area contributed by atoms with Gasteiger partial charge in [0, 0.05) is 24.1 Å². The Morgan fingerprint density at radius 2 is 2.00 bits per heavy atom. The van der Waals surface area contributed by atoms with E-state index in [2.05, 4.69) is 31.8 Å². The molecule has 2 aliphatic rings. The zero-order chi connectivity index (χ0) is 22.6. The number of aromatic nitrogens is 4. The third kappa shape index (κ3) is 4.55. The highest BCUT2D eigenvalue weighted by Gasteiger charge is 2.20. The van der Waals surface area contributed by atoms with Crippen LogP contribution in [0.25, 0.3) is 5.82 Å². The van der Waals surface area contributed by atoms with E-state index in [0.29, 0.717) is 36.4 Å². The number of nitrogens with one attached hydrogen (secondary N) is 2. The average molecular weight is 444 g/mol. The fraction of sp³-hybridized carbons (Fsp3) is 0.348. The lowest BCUT2D eigenvalue weighted by molar-refractivity contribution is -0.125. The van der Waals surface area contributed by atoms with Gasteiger partial charge >= 0.3 is 0 Å². The molecule has 0 aliphatic carbocycles. The molecular formula is C23H24N8O2. The number of carbonyl (C=O) groups is 1. The van der Waals surface area contributed by atoms with Crippen LogP contribution >= 0.6 is 0 Å². The number of hydrogen-bond acceptors (Lipinski definition) is 8. The van der Waals surface area contributed by atoms with Crippen molar-refractivity contribution in [2.75, 3.05) is 43.1 Å². The van der Waals surface area contributed by atoms with Crippen molar-refractivity contribution >= 4 is 23.2 Å². The monoisotopic (exact) mass is 444 g/mol. The smallest absolute Gasteiger partial charge is 0.253 e. The van der Waals surface area contributed by atoms with Gasteiger partial charge in [-0.2, -0.15) is 15.3 Å². The zero-order valence-corrected chi connectivity index (χ0v) is 18.1. The molecule has 10 nitrogen and oxygen atoms in total. The van der Waals surface area contributed by atoms with E-state index in [4.69, 9.17) is 4.74 Å². The van der Waals surface area contributed by atoms with E-state index in [1.165, 1.54) is 6.20 Å². The molecule has 2 aliphatic heterocycles. The highest BCUT2D eigenvalue weighted by Crippen LogP contribution is 2.26. The fourth-order valence-corrected chi connectivity index (χ4v) is 4.15. The number of hydrogen-bond donors (Lipinski definition) is 2. The Morgan fingerprint density at radius 3 is 2.76 bits per heavy atom. The second-order valence-electron chi connectivity index (χ2n) is 8.06. The number of piperidine rings is 1. The minimum atomic E-state index is -0.0508. The van der Waals surface area contributed by atoms with Crippen LogP contribution in [-0.4, -0.2) is 58.5 Å². The molecular weight excluding hydrogens is 420 g/mol. The molecule has 2 aromatic heterocycles. The van der Waals surface area contributed by atoms with Gasteiger partial charge in [-0.25, -0.2) is 9.67 Å². The molecule has 2 fully saturated rings. The summed E-state index contributed by atoms with van der Waals surface area (Å²) in [5.41, 5.74) is 3.09. The van der Waals surface area contributed by atoms with Crippen LogP contribution in [0.2, 0.25) is 0 Å². The van der Waals surface area contributed by atoms with Crippen molar-refractivity contribution in [1.29, 1.82) is 5.26 Å². The molecule has 0 unspecified atom stereocenters. The Hall–Kier alpha value is -3.81. The maximum absolute atomic E-state index is 12.0. The van der Waals surface area contributed by atoms with Gasteiger partial charge < -0.3 is 20.3 Å². The lowest BCUT2D eigenvalue weighted by Gasteiger charge is -2.26. The number of carbonyl (C=O) groups excluding carboxylic acids is 1. The van der Waals surface area contributed by atoms with Crippen molar-refractivity contribution < 1.29 is 9.53 Å². The minimum absolute atomic E-state index is 0.0508. The third-order valence-electron chi connectivity index (χ3n) is 5.94. The van der Waals surface area contributed by atoms with Crippen LogP contribution in [-0.2, 0) is 9.53 Å². The summed E-state index contributed by atoms with van der Waals surface area (Å²) in [5.74, 6) is 1.20. The van der Waals surface area contributed by atoms with Crippen molar-refractivity contribution in [3.05, 3.63) is 54.0 Å². The van der Waals surface area contributed by atoms with E-state index >= 15 is 0 Å². The summed E-state index contributed by atoms with van der Waals surface area (Å²) < 4.78 is 6.83. The van der Waals surface area contributed by atoms with Crippen LogP contribution in [0.5, 0.6) is 0 Å². The molecule has 1 aromatic carbocycles. The second kappa shape index (κ2) is 9.36. The number of rotatable bonds is 5. The normalized spacial score (nSPS) is 17.1. The van der Waals surface area contributed by atoms with Gasteiger partial charge in [0.2, 0.25) is 5.95 Å². The van der Waals surface area contributed by atoms with Crippen molar-refractivity contribution in [2.45, 2.75) is 18.8 Å². The Kier molecular flexibility index (Phi) is 5.97. The third-order valence-corrected chi connectivity index (χ3v) is 5.94. The lowest BCUT2D eigenvalue weighted by Crippen LogP contribution is -2.41. The second-order valence-corrected chi connectivity index (χ2v) is 8.06. The molecule has 33 heavy (non-hydrogen) atoms. The minimum Gasteiger partial charge on any atom is -0.370 e. The van der Waals surface area contributed by atoms with Crippen LogP contribution in [0.4, 0.5) is 17.3 Å². The topological polar surface area (TPSA) is 121 Å². The van der Waals surface area contributed by atoms with Crippen LogP contribution in [0, 0.1) is 11.3 Å². The lowest BCUT2D eigenvalue weighted by atomic mass is 9.93. The highest BCUT2D eigenvalue weighted by molar-refractivity contribution is 5.95. The first-order chi connectivity index (χ1) is 16.2. The number of amides is 1. The number of nitriles is 1. The summed E-state index contributed by atoms with van der Waals surface area (Å²) in [4.78, 5) is 22.6. The SMILES string of the molecule is N#Cc1cnc(Nc2ccc(N3CCOCC3=O)cc2)nc1-n1cc(C2CCNCC2)cn1. The molecule has 168 valence electrons. The van der Waals surface area contributed by atoms with Gasteiger partial charge in [0.15, 0.2) is 5.82 Å². The first kappa shape index (κ1) is 21.1. The summed E-state index contributed by atoms with van der Waals surface area (Å²) >= 11 is 0. The van der Waals surface area contributed by atoms with E-state index in [1.54, 1.807) is 9.58 Å². The Balaban J connectivity index is 1.35. The standard InChI is InChI=1S/C23H24N8O2/c24-11-17-12-26-23(28-19-1-3-20(4-2-19)30-9-10-33-15-21(30)32)29-22(17)31-14-18(13-27-31)16-5-7-25-8-6-16/h1-4,12-14,16,25H,5-10,15H2,(H,26,28,29). The van der Waals surface area contributed by atoms with Gasteiger partial charge in [0.25, 0.3) is 5.91 Å². The quantitative estimate of drug-likeness (QED) is 0.614. The van der Waals surface area contributed by atoms with Crippen molar-refractivity contribution in [2.24, 2.45) is 0 Å². The molecule has 10 heteroatoms. The molecule has 0 atom stereocenters. The molecule has 2 saturated heterocycles. The van der Waals surface area contributed by atoms with E-state index < -0.39 is 0 Å². The van der Waals surface area contributed by atoms with E-state index in [1.807, 2.05) is 36.7 Å². The molecule has 1 amide bonds. The Morgan fingerprint density at radius 1 is 1.18 bits per heavy atom. The maximum atomic E-state index is 12.0. The van der Waals surface area contributed by atoms with Crippen molar-refractivity contribution in [1.82, 2.24) is 25.1 Å². The number of benzene rings is 1. The van der Waals surface area contributed by atoms with Gasteiger partial charge in [-0.15, -0.1) is 0 Å². The predicted molar refractivity (Wildman–Crippen MR) is 122 cm³/mol. The summed E-state index contributed by atoms with van der Waals surface area (Å²) in [6, 6.07) is 9.62. The number of morpholine rings is 1. The van der Waals surface area contributed by atoms with Gasteiger partial charge in [0.1, 0.15) is 18.2 Å². The van der Waals surface area contributed by atoms with Crippen LogP contribution in [0.3, 0.4) is 0 Å². The Labute approximate surface area is 191 Å². The van der Waals surface area contributed by atoms with Crippen LogP contribution < -0.4 is 15.5 Å². The van der Waals surface area contributed by atoms with Crippen molar-refractivity contribution in [3.8, 4) is 11.9 Å². The molecule has 4 heterocycles. The highest BCUT2D eigenvalue weighted by atomic mass is 16.5. The maximum Gasteiger partial charge on any atom is 0.253 e. The van der Waals surface area contributed by atoms with E-state index in [-0.39, 0.29) is 12.5 Å². The van der Waals surface area contributed by atoms with E-state index in [9.17, 15) is 10.1 Å². The average Bonchev–Trinajstić information content (AvgIpc) is 3.36. The summed E-state index contributed by atoms with van der Waals surface area (Å²) in [6.07, 6.45) is 7.45. The van der Waals surface area contributed by atoms with Crippen molar-refractivity contribution in [3.63, 3.8) is 0 Å². The first-order valence-electron chi connectivity index (χ1n) is 11.0. The predicted octanol–water partition coefficient (Wildman–Crippen LogP) is 2.11. The molecule has 0 radical (unpaired) electrons. The summed E-state index contributed by atoms with van der Waals surface area (Å²) in [7, 11) is 0. The van der Waals surface area contributed by atoms with Gasteiger partial charge in [-0.1, -0.05) is 0 Å². The van der Waals surface area contributed by atoms with Gasteiger partial charge in [-0.05, 0) is 61.7 Å². The molecule has 0 saturated carbocycles. The number of ether oxygens (including phenoxy) is 1. The molecule has 2 N–H and O–H groups in total. The zero-order valence-electron chi connectivity index (χ0n) is 18.1. The summed E-state index contributed by atoms with van der Waals surface area (Å²) in [5, 5.41) is 20.6. The van der Waals surface area contributed by atoms with Crippen LogP contribution in [0.1, 0.15) is 29.9 Å². The molecule has 3 aromatic rings. The first-order valence-corrected chi connectivity index (χ1v) is 11.0. The number of nitrogens with zero attached hydrogens (tertiary/aromatic N) is 6. The largest absolute Gasteiger partial charge is 0.370 e. The van der Waals surface area contributed by atoms with Gasteiger partial charge in [0.05, 0.1) is 19.0 Å². The van der Waals surface area contributed by atoms with Gasteiger partial charge in [-0.3, -0.25) is 4.79 Å². The Bertz CT molecular complexity index is 1180. The van der Waals surface area contributed by atoms with Crippen LogP contribution in [0.15, 0.2) is 42.9 Å². The van der Waals surface area contributed by atoms with E-state index in [0.717, 1.165) is 42.9 Å².